The zero-order chi connectivity index (χ0) is 17.4. The van der Waals surface area contributed by atoms with E-state index in [-0.39, 0.29) is 6.61 Å². The molecule has 2 rings (SSSR count). The lowest BCUT2D eigenvalue weighted by Gasteiger charge is -2.15. The Morgan fingerprint density at radius 3 is 2.54 bits per heavy atom. The molecule has 0 fully saturated rings. The zero-order valence-corrected chi connectivity index (χ0v) is 14.3. The fourth-order valence-electron chi connectivity index (χ4n) is 2.76. The van der Waals surface area contributed by atoms with Gasteiger partial charge in [-0.2, -0.15) is 5.26 Å². The van der Waals surface area contributed by atoms with Crippen molar-refractivity contribution < 1.29 is 9.13 Å². The lowest BCUT2D eigenvalue weighted by atomic mass is 9.94. The Kier molecular flexibility index (Phi) is 6.74. The van der Waals surface area contributed by atoms with Crippen LogP contribution in [0.3, 0.4) is 0 Å². The second-order valence-corrected chi connectivity index (χ2v) is 5.88. The van der Waals surface area contributed by atoms with E-state index in [2.05, 4.69) is 18.8 Å². The Bertz CT molecular complexity index is 703. The Balaban J connectivity index is 2.08. The van der Waals surface area contributed by atoms with Crippen LogP contribution in [-0.4, -0.2) is 4.98 Å². The minimum atomic E-state index is -0.431. The summed E-state index contributed by atoms with van der Waals surface area (Å²) < 4.78 is 19.6. The van der Waals surface area contributed by atoms with Gasteiger partial charge in [0.2, 0.25) is 5.88 Å². The van der Waals surface area contributed by atoms with E-state index in [1.165, 1.54) is 6.07 Å². The first-order chi connectivity index (χ1) is 11.7. The Morgan fingerprint density at radius 1 is 1.17 bits per heavy atom. The molecule has 1 heterocycles. The number of ether oxygens (including phenoxy) is 1. The predicted molar refractivity (Wildman–Crippen MR) is 92.2 cm³/mol. The molecule has 0 radical (unpaired) electrons. The first-order valence-electron chi connectivity index (χ1n) is 8.46. The third kappa shape index (κ3) is 4.79. The van der Waals surface area contributed by atoms with Crippen LogP contribution in [0.5, 0.6) is 5.88 Å². The van der Waals surface area contributed by atoms with E-state index in [9.17, 15) is 4.39 Å². The molecule has 0 saturated heterocycles. The van der Waals surface area contributed by atoms with Crippen LogP contribution in [0.25, 0.3) is 0 Å². The molecule has 0 bridgehead atoms. The summed E-state index contributed by atoms with van der Waals surface area (Å²) >= 11 is 0. The van der Waals surface area contributed by atoms with Crippen molar-refractivity contribution in [1.82, 2.24) is 4.98 Å². The number of pyridine rings is 1. The average Bonchev–Trinajstić information content (AvgIpc) is 2.60. The molecule has 0 saturated carbocycles. The fourth-order valence-corrected chi connectivity index (χ4v) is 2.76. The smallest absolute Gasteiger partial charge is 0.213 e. The van der Waals surface area contributed by atoms with Crippen molar-refractivity contribution in [2.75, 3.05) is 0 Å². The molecule has 0 atom stereocenters. The molecule has 0 N–H and O–H groups in total. The van der Waals surface area contributed by atoms with Gasteiger partial charge in [0, 0.05) is 23.2 Å². The summed E-state index contributed by atoms with van der Waals surface area (Å²) in [5.41, 5.74) is 1.76. The van der Waals surface area contributed by atoms with Crippen molar-refractivity contribution in [3.8, 4) is 11.9 Å². The van der Waals surface area contributed by atoms with E-state index >= 15 is 0 Å². The van der Waals surface area contributed by atoms with Gasteiger partial charge in [-0.3, -0.25) is 0 Å². The molecule has 0 aliphatic heterocycles. The molecule has 0 unspecified atom stereocenters. The normalized spacial score (nSPS) is 10.6. The van der Waals surface area contributed by atoms with Gasteiger partial charge in [-0.15, -0.1) is 0 Å². The van der Waals surface area contributed by atoms with Gasteiger partial charge in [-0.05, 0) is 31.0 Å². The monoisotopic (exact) mass is 326 g/mol. The molecule has 0 spiro atoms. The standard InChI is InChI=1S/C20H23FN2O/c1-3-6-16(7-4-2)19-8-5-9-20(23-19)24-14-17-11-10-15(13-22)12-18(17)21/h5,8-12,16H,3-4,6-7,14H2,1-2H3. The zero-order valence-electron chi connectivity index (χ0n) is 14.3. The number of nitrogens with zero attached hydrogens (tertiary/aromatic N) is 2. The number of nitriles is 1. The number of rotatable bonds is 8. The number of aromatic nitrogens is 1. The maximum absolute atomic E-state index is 13.9. The van der Waals surface area contributed by atoms with Gasteiger partial charge in [0.05, 0.1) is 11.6 Å². The molecule has 126 valence electrons. The van der Waals surface area contributed by atoms with Crippen molar-refractivity contribution in [2.24, 2.45) is 0 Å². The molecule has 3 nitrogen and oxygen atoms in total. The fraction of sp³-hybridized carbons (Fsp3) is 0.400. The van der Waals surface area contributed by atoms with Gasteiger partial charge in [0.1, 0.15) is 12.4 Å². The molecule has 1 aromatic carbocycles. The molecule has 0 amide bonds. The van der Waals surface area contributed by atoms with Crippen LogP contribution < -0.4 is 4.74 Å². The second-order valence-electron chi connectivity index (χ2n) is 5.88. The van der Waals surface area contributed by atoms with Gasteiger partial charge in [0.25, 0.3) is 0 Å². The van der Waals surface area contributed by atoms with Crippen molar-refractivity contribution in [2.45, 2.75) is 52.1 Å². The summed E-state index contributed by atoms with van der Waals surface area (Å²) in [5.74, 6) is 0.517. The maximum atomic E-state index is 13.9. The summed E-state index contributed by atoms with van der Waals surface area (Å²) in [4.78, 5) is 4.59. The summed E-state index contributed by atoms with van der Waals surface area (Å²) in [6.07, 6.45) is 4.45. The van der Waals surface area contributed by atoms with Crippen molar-refractivity contribution in [3.63, 3.8) is 0 Å². The van der Waals surface area contributed by atoms with Crippen LogP contribution in [0.4, 0.5) is 4.39 Å². The molecule has 2 aromatic rings. The van der Waals surface area contributed by atoms with E-state index in [0.717, 1.165) is 31.4 Å². The average molecular weight is 326 g/mol. The minimum Gasteiger partial charge on any atom is -0.473 e. The van der Waals surface area contributed by atoms with Crippen LogP contribution in [0.1, 0.15) is 62.3 Å². The lowest BCUT2D eigenvalue weighted by molar-refractivity contribution is 0.286. The largest absolute Gasteiger partial charge is 0.473 e. The van der Waals surface area contributed by atoms with Crippen LogP contribution in [-0.2, 0) is 6.61 Å². The molecule has 1 aromatic heterocycles. The Morgan fingerprint density at radius 2 is 1.92 bits per heavy atom. The predicted octanol–water partition coefficient (Wildman–Crippen LogP) is 5.36. The van der Waals surface area contributed by atoms with Crippen molar-refractivity contribution >= 4 is 0 Å². The second kappa shape index (κ2) is 9.02. The highest BCUT2D eigenvalue weighted by Crippen LogP contribution is 2.26. The van der Waals surface area contributed by atoms with Gasteiger partial charge in [-0.25, -0.2) is 9.37 Å². The number of hydrogen-bond donors (Lipinski definition) is 0. The maximum Gasteiger partial charge on any atom is 0.213 e. The lowest BCUT2D eigenvalue weighted by Crippen LogP contribution is -2.04. The van der Waals surface area contributed by atoms with E-state index in [1.54, 1.807) is 18.2 Å². The van der Waals surface area contributed by atoms with Gasteiger partial charge < -0.3 is 4.74 Å². The number of halogens is 1. The van der Waals surface area contributed by atoms with E-state index in [0.29, 0.717) is 22.9 Å². The molecular formula is C20H23FN2O. The summed E-state index contributed by atoms with van der Waals surface area (Å²) in [7, 11) is 0. The van der Waals surface area contributed by atoms with Gasteiger partial charge in [0.15, 0.2) is 0 Å². The highest BCUT2D eigenvalue weighted by atomic mass is 19.1. The Hall–Kier alpha value is -2.41. The van der Waals surface area contributed by atoms with E-state index in [1.807, 2.05) is 18.2 Å². The summed E-state index contributed by atoms with van der Waals surface area (Å²) in [6.45, 7) is 4.45. The topological polar surface area (TPSA) is 45.9 Å². The molecule has 24 heavy (non-hydrogen) atoms. The van der Waals surface area contributed by atoms with Crippen LogP contribution in [0.2, 0.25) is 0 Å². The van der Waals surface area contributed by atoms with Crippen molar-refractivity contribution in [3.05, 3.63) is 59.0 Å². The first kappa shape index (κ1) is 17.9. The summed E-state index contributed by atoms with van der Waals surface area (Å²) in [5, 5.41) is 8.77. The van der Waals surface area contributed by atoms with E-state index < -0.39 is 5.82 Å². The highest BCUT2D eigenvalue weighted by Gasteiger charge is 2.12. The Labute approximate surface area is 143 Å². The number of hydrogen-bond acceptors (Lipinski definition) is 3. The highest BCUT2D eigenvalue weighted by molar-refractivity contribution is 5.32. The van der Waals surface area contributed by atoms with E-state index in [4.69, 9.17) is 10.00 Å². The molecule has 0 aliphatic rings. The quantitative estimate of drug-likeness (QED) is 0.656. The van der Waals surface area contributed by atoms with Crippen LogP contribution in [0.15, 0.2) is 36.4 Å². The molecular weight excluding hydrogens is 303 g/mol. The van der Waals surface area contributed by atoms with Crippen LogP contribution >= 0.6 is 0 Å². The molecule has 4 heteroatoms. The van der Waals surface area contributed by atoms with Gasteiger partial charge in [-0.1, -0.05) is 38.8 Å². The molecule has 0 aliphatic carbocycles. The number of benzene rings is 1. The first-order valence-corrected chi connectivity index (χ1v) is 8.46. The third-order valence-electron chi connectivity index (χ3n) is 4.00. The summed E-state index contributed by atoms with van der Waals surface area (Å²) in [6, 6.07) is 12.1. The third-order valence-corrected chi connectivity index (χ3v) is 4.00. The minimum absolute atomic E-state index is 0.0974. The van der Waals surface area contributed by atoms with Crippen molar-refractivity contribution in [1.29, 1.82) is 5.26 Å². The van der Waals surface area contributed by atoms with Gasteiger partial charge >= 0.3 is 0 Å². The van der Waals surface area contributed by atoms with Crippen LogP contribution in [0, 0.1) is 17.1 Å². The SMILES string of the molecule is CCCC(CCC)c1cccc(OCc2ccc(C#N)cc2F)n1.